The van der Waals surface area contributed by atoms with Gasteiger partial charge in [0.25, 0.3) is 0 Å². The first-order valence-corrected chi connectivity index (χ1v) is 17.0. The Kier molecular flexibility index (Phi) is 11.2. The van der Waals surface area contributed by atoms with E-state index in [0.717, 1.165) is 68.1 Å². The normalized spacial score (nSPS) is 35.0. The van der Waals surface area contributed by atoms with Gasteiger partial charge in [-0.25, -0.2) is 14.4 Å². The number of hydrogen-bond donors (Lipinski definition) is 0. The Morgan fingerprint density at radius 3 is 1.39 bits per heavy atom. The number of halogens is 3. The van der Waals surface area contributed by atoms with Crippen LogP contribution in [0.5, 0.6) is 0 Å². The first-order valence-electron chi connectivity index (χ1n) is 17.0. The largest absolute Gasteiger partial charge is 0.462 e. The second-order valence-corrected chi connectivity index (χ2v) is 15.7. The molecule has 0 N–H and O–H groups in total. The van der Waals surface area contributed by atoms with Crippen molar-refractivity contribution in [1.82, 2.24) is 0 Å². The highest BCUT2D eigenvalue weighted by Crippen LogP contribution is 2.61. The van der Waals surface area contributed by atoms with Crippen LogP contribution in [0.4, 0.5) is 13.2 Å². The zero-order chi connectivity index (χ0) is 34.0. The van der Waals surface area contributed by atoms with Gasteiger partial charge in [0.1, 0.15) is 5.60 Å². The van der Waals surface area contributed by atoms with Gasteiger partial charge in [-0.15, -0.1) is 0 Å². The molecule has 0 spiro atoms. The Hall–Kier alpha value is -2.58. The predicted octanol–water partition coefficient (Wildman–Crippen LogP) is 8.84. The van der Waals surface area contributed by atoms with Gasteiger partial charge in [0.2, 0.25) is 0 Å². The number of carbonyl (C=O) groups is 3. The number of esters is 3. The Morgan fingerprint density at radius 1 is 0.674 bits per heavy atom. The van der Waals surface area contributed by atoms with Crippen molar-refractivity contribution < 1.29 is 41.8 Å². The Balaban J connectivity index is 0.000000161. The lowest BCUT2D eigenvalue weighted by atomic mass is 9.49. The minimum Gasteiger partial charge on any atom is -0.462 e. The van der Waals surface area contributed by atoms with E-state index in [1.165, 1.54) is 64.7 Å². The third-order valence-corrected chi connectivity index (χ3v) is 11.1. The zero-order valence-corrected chi connectivity index (χ0v) is 28.1. The summed E-state index contributed by atoms with van der Waals surface area (Å²) >= 11 is 0. The lowest BCUT2D eigenvalue weighted by molar-refractivity contribution is -0.213. The van der Waals surface area contributed by atoms with E-state index in [0.29, 0.717) is 23.2 Å². The molecule has 8 saturated carbocycles. The first-order chi connectivity index (χ1) is 21.4. The second-order valence-electron chi connectivity index (χ2n) is 15.7. The molecule has 46 heavy (non-hydrogen) atoms. The average molecular weight is 651 g/mol. The molecular weight excluding hydrogens is 597 g/mol. The molecule has 258 valence electrons. The van der Waals surface area contributed by atoms with E-state index in [1.54, 1.807) is 13.8 Å². The predicted molar refractivity (Wildman–Crippen MR) is 169 cm³/mol. The fourth-order valence-corrected chi connectivity index (χ4v) is 9.85. The average Bonchev–Trinajstić information content (AvgIpc) is 2.91. The summed E-state index contributed by atoms with van der Waals surface area (Å²) in [6.45, 7) is 16.5. The lowest BCUT2D eigenvalue weighted by Gasteiger charge is -2.57. The van der Waals surface area contributed by atoms with Crippen LogP contribution in [0.25, 0.3) is 0 Å². The van der Waals surface area contributed by atoms with E-state index in [9.17, 15) is 27.6 Å². The van der Waals surface area contributed by atoms with Crippen molar-refractivity contribution in [2.24, 2.45) is 40.9 Å². The fourth-order valence-electron chi connectivity index (χ4n) is 9.85. The summed E-state index contributed by atoms with van der Waals surface area (Å²) in [5.41, 5.74) is 1.41. The van der Waals surface area contributed by atoms with Crippen molar-refractivity contribution in [1.29, 1.82) is 0 Å². The third kappa shape index (κ3) is 9.27. The summed E-state index contributed by atoms with van der Waals surface area (Å²) < 4.78 is 50.4. The van der Waals surface area contributed by atoms with Gasteiger partial charge in [-0.1, -0.05) is 19.7 Å². The molecule has 8 aliphatic carbocycles. The molecule has 1 unspecified atom stereocenters. The van der Waals surface area contributed by atoms with Gasteiger partial charge in [-0.2, -0.15) is 13.2 Å². The molecular formula is C37H53F3O6. The van der Waals surface area contributed by atoms with Crippen LogP contribution >= 0.6 is 0 Å². The van der Waals surface area contributed by atoms with Crippen LogP contribution in [-0.2, 0) is 28.6 Å². The minimum atomic E-state index is -4.51. The van der Waals surface area contributed by atoms with Crippen molar-refractivity contribution in [3.05, 3.63) is 36.5 Å². The molecule has 6 nitrogen and oxygen atoms in total. The van der Waals surface area contributed by atoms with Crippen LogP contribution in [-0.4, -0.2) is 42.4 Å². The molecule has 1 atom stereocenters. The van der Waals surface area contributed by atoms with Crippen molar-refractivity contribution in [3.63, 3.8) is 0 Å². The highest BCUT2D eigenvalue weighted by molar-refractivity contribution is 5.88. The standard InChI is InChI=1S/C16H24O2.C14H20O2.C7H9F3O2/c1-11(2)15(17)18-4-3-16-8-12-5-13(9-16)7-14(6-12)10-16;1-9(2)13(15)16-14-6-10-3-11(7-14)5-12(4-10)8-14;1-4(2)6(11)12-5(3)7(8,9)10/h12-14H,1,3-10H2,2H3;10-12H,1,3-8H2,2H3;5H,1H2,2-3H3. The second kappa shape index (κ2) is 14.3. The zero-order valence-electron chi connectivity index (χ0n) is 28.1. The molecule has 0 heterocycles. The molecule has 0 aromatic heterocycles. The third-order valence-electron chi connectivity index (χ3n) is 11.1. The van der Waals surface area contributed by atoms with Gasteiger partial charge in [-0.05, 0) is 152 Å². The molecule has 9 heteroatoms. The van der Waals surface area contributed by atoms with Crippen molar-refractivity contribution in [3.8, 4) is 0 Å². The number of carbonyl (C=O) groups excluding carboxylic acids is 3. The van der Waals surface area contributed by atoms with Crippen LogP contribution in [0.15, 0.2) is 36.5 Å². The molecule has 0 radical (unpaired) electrons. The van der Waals surface area contributed by atoms with E-state index >= 15 is 0 Å². The van der Waals surface area contributed by atoms with Crippen LogP contribution in [0.3, 0.4) is 0 Å². The van der Waals surface area contributed by atoms with Crippen LogP contribution in [0, 0.1) is 40.9 Å². The van der Waals surface area contributed by atoms with Gasteiger partial charge in [0.15, 0.2) is 6.10 Å². The SMILES string of the molecule is C=C(C)C(=O)OC(C)C(F)(F)F.C=C(C)C(=O)OC12CC3CC(CC(C3)C1)C2.C=C(C)C(=O)OCCC12CC3CC(CC(C3)C1)C2. The first kappa shape index (κ1) is 36.3. The highest BCUT2D eigenvalue weighted by Gasteiger charge is 2.53. The van der Waals surface area contributed by atoms with Crippen molar-refractivity contribution >= 4 is 17.9 Å². The Bertz CT molecular complexity index is 1130. The topological polar surface area (TPSA) is 78.9 Å². The van der Waals surface area contributed by atoms with Crippen LogP contribution in [0.1, 0.15) is 111 Å². The highest BCUT2D eigenvalue weighted by atomic mass is 19.4. The van der Waals surface area contributed by atoms with Gasteiger partial charge in [0, 0.05) is 16.7 Å². The summed E-state index contributed by atoms with van der Waals surface area (Å²) in [5.74, 6) is 3.98. The number of ether oxygens (including phenoxy) is 3. The molecule has 0 aromatic carbocycles. The van der Waals surface area contributed by atoms with Gasteiger partial charge in [0.05, 0.1) is 6.61 Å². The maximum atomic E-state index is 11.8. The molecule has 8 aliphatic rings. The Morgan fingerprint density at radius 2 is 1.04 bits per heavy atom. The summed E-state index contributed by atoms with van der Waals surface area (Å²) in [6.07, 6.45) is 10.6. The summed E-state index contributed by atoms with van der Waals surface area (Å²) in [7, 11) is 0. The van der Waals surface area contributed by atoms with E-state index in [4.69, 9.17) is 9.47 Å². The maximum Gasteiger partial charge on any atom is 0.425 e. The number of rotatable bonds is 8. The van der Waals surface area contributed by atoms with Gasteiger partial charge in [-0.3, -0.25) is 0 Å². The maximum absolute atomic E-state index is 11.8. The summed E-state index contributed by atoms with van der Waals surface area (Å²) in [4.78, 5) is 33.7. The van der Waals surface area contributed by atoms with E-state index < -0.39 is 18.2 Å². The minimum absolute atomic E-state index is 0.0499. The molecule has 0 amide bonds. The fraction of sp³-hybridized carbons (Fsp3) is 0.757. The molecule has 0 saturated heterocycles. The molecule has 8 fully saturated rings. The van der Waals surface area contributed by atoms with E-state index in [2.05, 4.69) is 24.5 Å². The smallest absolute Gasteiger partial charge is 0.425 e. The summed E-state index contributed by atoms with van der Waals surface area (Å²) in [6, 6.07) is 0. The monoisotopic (exact) mass is 650 g/mol. The van der Waals surface area contributed by atoms with E-state index in [1.807, 2.05) is 0 Å². The molecule has 8 rings (SSSR count). The number of hydrogen-bond acceptors (Lipinski definition) is 6. The van der Waals surface area contributed by atoms with Crippen LogP contribution < -0.4 is 0 Å². The lowest BCUT2D eigenvalue weighted by Crippen LogP contribution is -2.52. The summed E-state index contributed by atoms with van der Waals surface area (Å²) in [5, 5.41) is 0. The molecule has 0 aliphatic heterocycles. The molecule has 8 bridgehead atoms. The van der Waals surface area contributed by atoms with Crippen molar-refractivity contribution in [2.45, 2.75) is 129 Å². The van der Waals surface area contributed by atoms with Crippen molar-refractivity contribution in [2.75, 3.05) is 6.61 Å². The van der Waals surface area contributed by atoms with Gasteiger partial charge < -0.3 is 14.2 Å². The molecule has 0 aromatic rings. The Labute approximate surface area is 272 Å². The van der Waals surface area contributed by atoms with E-state index in [-0.39, 0.29) is 23.1 Å². The van der Waals surface area contributed by atoms with Crippen LogP contribution in [0.2, 0.25) is 0 Å². The number of alkyl halides is 3. The van der Waals surface area contributed by atoms with Gasteiger partial charge >= 0.3 is 24.1 Å². The quantitative estimate of drug-likeness (QED) is 0.148.